The molecule has 1 aliphatic rings. The Morgan fingerprint density at radius 2 is 1.83 bits per heavy atom. The number of anilines is 2. The average Bonchev–Trinajstić information content (AvgIpc) is 2.79. The van der Waals surface area contributed by atoms with Crippen molar-refractivity contribution in [3.05, 3.63) is 60.8 Å². The number of rotatable bonds is 3. The Morgan fingerprint density at radius 1 is 0.967 bits per heavy atom. The first kappa shape index (κ1) is 18.4. The standard InChI is InChI=1S/C22H19FN6O/c23-16-3-1-2-14(10-16)17-11-18(28-22-20(17)21(24)26-13-27-22)15-4-5-19(25-12-15)29-6-8-30-9-7-29/h1-5,10-13H,6-9H2,(H2,24,26,27,28). The predicted molar refractivity (Wildman–Crippen MR) is 113 cm³/mol. The molecule has 1 fully saturated rings. The minimum absolute atomic E-state index is 0.305. The summed E-state index contributed by atoms with van der Waals surface area (Å²) in [7, 11) is 0. The van der Waals surface area contributed by atoms with Crippen molar-refractivity contribution >= 4 is 22.7 Å². The van der Waals surface area contributed by atoms with Crippen molar-refractivity contribution in [2.75, 3.05) is 36.9 Å². The summed E-state index contributed by atoms with van der Waals surface area (Å²) in [5.74, 6) is 0.879. The number of pyridine rings is 2. The summed E-state index contributed by atoms with van der Waals surface area (Å²) in [6, 6.07) is 12.2. The zero-order valence-electron chi connectivity index (χ0n) is 16.1. The fourth-order valence-corrected chi connectivity index (χ4v) is 3.64. The van der Waals surface area contributed by atoms with Gasteiger partial charge in [0, 0.05) is 24.8 Å². The molecule has 150 valence electrons. The lowest BCUT2D eigenvalue weighted by molar-refractivity contribution is 0.122. The second kappa shape index (κ2) is 7.64. The number of ether oxygens (including phenoxy) is 1. The van der Waals surface area contributed by atoms with E-state index in [1.54, 1.807) is 12.3 Å². The first-order chi connectivity index (χ1) is 14.7. The molecule has 8 heteroatoms. The van der Waals surface area contributed by atoms with Crippen LogP contribution in [0.1, 0.15) is 0 Å². The summed E-state index contributed by atoms with van der Waals surface area (Å²) in [5.41, 5.74) is 9.49. The SMILES string of the molecule is Nc1ncnc2nc(-c3ccc(N4CCOCC4)nc3)cc(-c3cccc(F)c3)c12. The summed E-state index contributed by atoms with van der Waals surface area (Å²) >= 11 is 0. The monoisotopic (exact) mass is 402 g/mol. The Hall–Kier alpha value is -3.65. The normalized spacial score (nSPS) is 14.2. The van der Waals surface area contributed by atoms with Crippen molar-refractivity contribution in [3.63, 3.8) is 0 Å². The van der Waals surface area contributed by atoms with Crippen LogP contribution in [0.15, 0.2) is 55.0 Å². The van der Waals surface area contributed by atoms with E-state index in [2.05, 4.69) is 24.8 Å². The number of hydrogen-bond donors (Lipinski definition) is 1. The Kier molecular flexibility index (Phi) is 4.68. The van der Waals surface area contributed by atoms with E-state index in [9.17, 15) is 4.39 Å². The minimum atomic E-state index is -0.328. The third-order valence-corrected chi connectivity index (χ3v) is 5.15. The smallest absolute Gasteiger partial charge is 0.165 e. The van der Waals surface area contributed by atoms with Crippen LogP contribution in [0.3, 0.4) is 0 Å². The summed E-state index contributed by atoms with van der Waals surface area (Å²) in [6.07, 6.45) is 3.17. The molecule has 1 aliphatic heterocycles. The molecular formula is C22H19FN6O. The molecule has 0 unspecified atom stereocenters. The first-order valence-electron chi connectivity index (χ1n) is 9.65. The third kappa shape index (κ3) is 3.42. The Balaban J connectivity index is 1.61. The number of hydrogen-bond acceptors (Lipinski definition) is 7. The van der Waals surface area contributed by atoms with Crippen LogP contribution in [-0.2, 0) is 4.74 Å². The number of nitrogen functional groups attached to an aromatic ring is 1. The summed E-state index contributed by atoms with van der Waals surface area (Å²) in [6.45, 7) is 3.04. The number of morpholine rings is 1. The highest BCUT2D eigenvalue weighted by molar-refractivity contribution is 6.00. The highest BCUT2D eigenvalue weighted by Gasteiger charge is 2.16. The Bertz CT molecular complexity index is 1210. The summed E-state index contributed by atoms with van der Waals surface area (Å²) in [4.78, 5) is 19.8. The van der Waals surface area contributed by atoms with E-state index < -0.39 is 0 Å². The van der Waals surface area contributed by atoms with Gasteiger partial charge >= 0.3 is 0 Å². The lowest BCUT2D eigenvalue weighted by Crippen LogP contribution is -2.36. The van der Waals surface area contributed by atoms with Gasteiger partial charge in [-0.3, -0.25) is 0 Å². The molecule has 5 rings (SSSR count). The van der Waals surface area contributed by atoms with Crippen LogP contribution in [-0.4, -0.2) is 46.2 Å². The minimum Gasteiger partial charge on any atom is -0.383 e. The van der Waals surface area contributed by atoms with Crippen molar-refractivity contribution < 1.29 is 9.13 Å². The molecule has 1 aromatic carbocycles. The number of fused-ring (bicyclic) bond motifs is 1. The molecule has 4 heterocycles. The largest absolute Gasteiger partial charge is 0.383 e. The summed E-state index contributed by atoms with van der Waals surface area (Å²) < 4.78 is 19.3. The van der Waals surface area contributed by atoms with Gasteiger partial charge in [0.05, 0.1) is 24.3 Å². The van der Waals surface area contributed by atoms with Crippen molar-refractivity contribution in [3.8, 4) is 22.4 Å². The van der Waals surface area contributed by atoms with Gasteiger partial charge in [0.1, 0.15) is 23.8 Å². The van der Waals surface area contributed by atoms with Gasteiger partial charge in [-0.15, -0.1) is 0 Å². The fraction of sp³-hybridized carbons (Fsp3) is 0.182. The number of nitrogens with zero attached hydrogens (tertiary/aromatic N) is 5. The zero-order chi connectivity index (χ0) is 20.5. The predicted octanol–water partition coefficient (Wildman–Crippen LogP) is 3.31. The molecule has 0 spiro atoms. The molecular weight excluding hydrogens is 383 g/mol. The number of halogens is 1. The van der Waals surface area contributed by atoms with E-state index in [1.807, 2.05) is 24.3 Å². The van der Waals surface area contributed by atoms with E-state index in [0.717, 1.165) is 30.0 Å². The topological polar surface area (TPSA) is 90.0 Å². The highest BCUT2D eigenvalue weighted by atomic mass is 19.1. The molecule has 4 aromatic rings. The van der Waals surface area contributed by atoms with Gasteiger partial charge in [0.15, 0.2) is 5.65 Å². The molecule has 0 amide bonds. The van der Waals surface area contributed by atoms with Gasteiger partial charge in [0.25, 0.3) is 0 Å². The van der Waals surface area contributed by atoms with Gasteiger partial charge < -0.3 is 15.4 Å². The highest BCUT2D eigenvalue weighted by Crippen LogP contribution is 2.34. The first-order valence-corrected chi connectivity index (χ1v) is 9.65. The van der Waals surface area contributed by atoms with E-state index in [1.165, 1.54) is 18.5 Å². The lowest BCUT2D eigenvalue weighted by atomic mass is 10.00. The molecule has 7 nitrogen and oxygen atoms in total. The van der Waals surface area contributed by atoms with E-state index in [-0.39, 0.29) is 5.82 Å². The average molecular weight is 402 g/mol. The van der Waals surface area contributed by atoms with Crippen molar-refractivity contribution in [2.24, 2.45) is 0 Å². The van der Waals surface area contributed by atoms with E-state index in [4.69, 9.17) is 10.5 Å². The second-order valence-corrected chi connectivity index (χ2v) is 7.03. The van der Waals surface area contributed by atoms with Crippen LogP contribution in [0, 0.1) is 5.82 Å². The van der Waals surface area contributed by atoms with Crippen LogP contribution in [0.5, 0.6) is 0 Å². The number of nitrogens with two attached hydrogens (primary N) is 1. The molecule has 0 radical (unpaired) electrons. The molecule has 0 aliphatic carbocycles. The summed E-state index contributed by atoms with van der Waals surface area (Å²) in [5, 5.41) is 0.602. The molecule has 1 saturated heterocycles. The van der Waals surface area contributed by atoms with Gasteiger partial charge in [-0.2, -0.15) is 0 Å². The van der Waals surface area contributed by atoms with Crippen LogP contribution < -0.4 is 10.6 Å². The van der Waals surface area contributed by atoms with Gasteiger partial charge in [-0.05, 0) is 41.5 Å². The molecule has 3 aromatic heterocycles. The Morgan fingerprint density at radius 3 is 2.60 bits per heavy atom. The van der Waals surface area contributed by atoms with Crippen molar-refractivity contribution in [2.45, 2.75) is 0 Å². The molecule has 0 bridgehead atoms. The maximum Gasteiger partial charge on any atom is 0.165 e. The zero-order valence-corrected chi connectivity index (χ0v) is 16.1. The maximum atomic E-state index is 13.9. The fourth-order valence-electron chi connectivity index (χ4n) is 3.64. The van der Waals surface area contributed by atoms with Crippen molar-refractivity contribution in [1.29, 1.82) is 0 Å². The molecule has 2 N–H and O–H groups in total. The number of aromatic nitrogens is 4. The van der Waals surface area contributed by atoms with Crippen LogP contribution in [0.2, 0.25) is 0 Å². The molecule has 30 heavy (non-hydrogen) atoms. The van der Waals surface area contributed by atoms with Crippen LogP contribution in [0.4, 0.5) is 16.0 Å². The lowest BCUT2D eigenvalue weighted by Gasteiger charge is -2.27. The van der Waals surface area contributed by atoms with Crippen LogP contribution >= 0.6 is 0 Å². The van der Waals surface area contributed by atoms with E-state index in [0.29, 0.717) is 41.3 Å². The van der Waals surface area contributed by atoms with Crippen LogP contribution in [0.25, 0.3) is 33.4 Å². The van der Waals surface area contributed by atoms with Gasteiger partial charge in [0.2, 0.25) is 0 Å². The van der Waals surface area contributed by atoms with Gasteiger partial charge in [-0.25, -0.2) is 24.3 Å². The molecule has 0 saturated carbocycles. The quantitative estimate of drug-likeness (QED) is 0.562. The van der Waals surface area contributed by atoms with Gasteiger partial charge in [-0.1, -0.05) is 12.1 Å². The third-order valence-electron chi connectivity index (χ3n) is 5.15. The second-order valence-electron chi connectivity index (χ2n) is 7.03. The van der Waals surface area contributed by atoms with Crippen molar-refractivity contribution in [1.82, 2.24) is 19.9 Å². The van der Waals surface area contributed by atoms with E-state index >= 15 is 0 Å². The number of benzene rings is 1. The Labute approximate surface area is 172 Å². The molecule has 0 atom stereocenters. The maximum absolute atomic E-state index is 13.9.